The van der Waals surface area contributed by atoms with Gasteiger partial charge < -0.3 is 134 Å². The van der Waals surface area contributed by atoms with Crippen LogP contribution in [-0.4, -0.2) is 287 Å². The minimum Gasteiger partial charge on any atom is -0.394 e. The zero-order valence-electron chi connectivity index (χ0n) is 37.2. The highest BCUT2D eigenvalue weighted by atomic mass is 16.8. The Morgan fingerprint density at radius 3 is 1.06 bits per heavy atom. The molecule has 0 radical (unpaired) electrons. The van der Waals surface area contributed by atoms with Gasteiger partial charge in [0.1, 0.15) is 110 Å². The average Bonchev–Trinajstić information content (AvgIpc) is 3.32. The van der Waals surface area contributed by atoms with Crippen LogP contribution in [0.2, 0.25) is 0 Å². The van der Waals surface area contributed by atoms with Crippen molar-refractivity contribution in [1.29, 1.82) is 0 Å². The van der Waals surface area contributed by atoms with Crippen molar-refractivity contribution in [1.82, 2.24) is 0 Å². The molecule has 0 spiro atoms. The van der Waals surface area contributed by atoms with Gasteiger partial charge in [0.05, 0.1) is 64.1 Å². The maximum absolute atomic E-state index is 11.7. The molecule has 27 nitrogen and oxygen atoms in total. The summed E-state index contributed by atoms with van der Waals surface area (Å²) in [6.45, 7) is 1.56. The van der Waals surface area contributed by atoms with Gasteiger partial charge in [-0.3, -0.25) is 0 Å². The van der Waals surface area contributed by atoms with E-state index in [0.29, 0.717) is 0 Å². The molecule has 0 saturated carbocycles. The molecule has 0 aliphatic carbocycles. The molecule has 0 amide bonds. The van der Waals surface area contributed by atoms with E-state index < -0.39 is 223 Å². The summed E-state index contributed by atoms with van der Waals surface area (Å²) in [5.74, 6) is -2.56. The lowest BCUT2D eigenvalue weighted by molar-refractivity contribution is -0.398. The van der Waals surface area contributed by atoms with Crippen LogP contribution >= 0.6 is 0 Å². The quantitative estimate of drug-likeness (QED) is 0.0683. The molecule has 6 aliphatic rings. The highest BCUT2D eigenvalue weighted by molar-refractivity contribution is 4.99. The van der Waals surface area contributed by atoms with Crippen molar-refractivity contribution >= 4 is 0 Å². The summed E-state index contributed by atoms with van der Waals surface area (Å²) in [5.41, 5.74) is 0. The van der Waals surface area contributed by atoms with Crippen LogP contribution < -0.4 is 0 Å². The Hall–Kier alpha value is -1.08. The number of hydrogen-bond acceptors (Lipinski definition) is 27. The van der Waals surface area contributed by atoms with Crippen LogP contribution in [0, 0.1) is 17.8 Å². The second-order valence-corrected chi connectivity index (χ2v) is 18.2. The highest BCUT2D eigenvalue weighted by Crippen LogP contribution is 2.39. The molecule has 0 aromatic rings. The summed E-state index contributed by atoms with van der Waals surface area (Å²) in [5, 5.41) is 171. The van der Waals surface area contributed by atoms with E-state index in [1.54, 1.807) is 13.8 Å². The van der Waals surface area contributed by atoms with Gasteiger partial charge in [0.25, 0.3) is 0 Å². The average molecular weight is 983 g/mol. The molecule has 392 valence electrons. The van der Waals surface area contributed by atoms with Crippen LogP contribution in [0.5, 0.6) is 0 Å². The maximum atomic E-state index is 11.7. The monoisotopic (exact) mass is 982 g/mol. The number of aliphatic hydroxyl groups excluding tert-OH is 16. The van der Waals surface area contributed by atoms with Gasteiger partial charge in [0, 0.05) is 17.8 Å². The van der Waals surface area contributed by atoms with Gasteiger partial charge in [-0.15, -0.1) is 0 Å². The van der Waals surface area contributed by atoms with Gasteiger partial charge in [0.15, 0.2) is 31.5 Å². The third-order valence-corrected chi connectivity index (χ3v) is 13.8. The predicted octanol–water partition coefficient (Wildman–Crippen LogP) is -9.20. The molecule has 12 unspecified atom stereocenters. The lowest BCUT2D eigenvalue weighted by atomic mass is 9.88. The molecule has 6 rings (SSSR count). The largest absolute Gasteiger partial charge is 0.394 e. The van der Waals surface area contributed by atoms with Gasteiger partial charge in [-0.2, -0.15) is 0 Å². The Morgan fingerprint density at radius 2 is 0.597 bits per heavy atom. The molecular formula is C40H70O27. The van der Waals surface area contributed by atoms with Crippen molar-refractivity contribution in [2.75, 3.05) is 39.6 Å². The first kappa shape index (κ1) is 55.2. The Bertz CT molecular complexity index is 1500. The second kappa shape index (κ2) is 23.6. The molecule has 67 heavy (non-hydrogen) atoms. The summed E-state index contributed by atoms with van der Waals surface area (Å²) in [6.07, 6.45) is -42.7. The Labute approximate surface area is 384 Å². The van der Waals surface area contributed by atoms with Crippen molar-refractivity contribution in [3.8, 4) is 0 Å². The van der Waals surface area contributed by atoms with Crippen LogP contribution in [0.3, 0.4) is 0 Å². The van der Waals surface area contributed by atoms with E-state index in [0.717, 1.165) is 0 Å². The zero-order valence-corrected chi connectivity index (χ0v) is 37.2. The molecule has 27 heteroatoms. The number of ether oxygens (including phenoxy) is 11. The van der Waals surface area contributed by atoms with Crippen molar-refractivity contribution in [2.24, 2.45) is 17.8 Å². The first-order valence-electron chi connectivity index (χ1n) is 22.4. The van der Waals surface area contributed by atoms with E-state index in [2.05, 4.69) is 0 Å². The minimum atomic E-state index is -2.05. The van der Waals surface area contributed by atoms with E-state index in [4.69, 9.17) is 52.1 Å². The fraction of sp³-hybridized carbons (Fsp3) is 1.00. The molecule has 16 N–H and O–H groups in total. The molecule has 0 aromatic carbocycles. The van der Waals surface area contributed by atoms with E-state index in [1.165, 1.54) is 13.8 Å². The standard InChI is InChI=1S/C40H70O27/c1-11-14(4)57-18(8-44)31(21(11)47)63-36-12(2)22(48)33(20(10-46)61-36)65-39-30(56)34(26(52)17(7-43)59-39)66-40-35(28(54)25(51)16(6-42)60-40)67-37-13(3)23(49)32(19(9-45)62-37)64-38-29(55)27(53)24(50)15(5-41)58-38/h11-56H,5-10H2,1-4H3/t11-,12+,13+,14+,15?,16-,17?,18?,19?,20?,21?,22?,23?,24+,25-,26-,27?,28?,29+,30-,31-,32-,33-,34?,35?,36+,37+,38+,39+,40-/m1/s1. The number of hydrogen-bond donors (Lipinski definition) is 16. The third-order valence-electron chi connectivity index (χ3n) is 13.8. The normalized spacial score (nSPS) is 53.4. The Kier molecular flexibility index (Phi) is 19.5. The molecule has 0 aromatic heterocycles. The topological polar surface area (TPSA) is 425 Å². The number of rotatable bonds is 16. The van der Waals surface area contributed by atoms with E-state index >= 15 is 0 Å². The molecule has 6 saturated heterocycles. The molecule has 6 heterocycles. The Balaban J connectivity index is 1.17. The fourth-order valence-electron chi connectivity index (χ4n) is 9.23. The fourth-order valence-corrected chi connectivity index (χ4v) is 9.23. The van der Waals surface area contributed by atoms with Crippen LogP contribution in [0.25, 0.3) is 0 Å². The summed E-state index contributed by atoms with van der Waals surface area (Å²) < 4.78 is 64.4. The van der Waals surface area contributed by atoms with Gasteiger partial charge in [0.2, 0.25) is 0 Å². The smallest absolute Gasteiger partial charge is 0.187 e. The summed E-state index contributed by atoms with van der Waals surface area (Å²) in [6, 6.07) is 0. The second-order valence-electron chi connectivity index (χ2n) is 18.2. The van der Waals surface area contributed by atoms with Gasteiger partial charge in [-0.25, -0.2) is 0 Å². The Morgan fingerprint density at radius 1 is 0.269 bits per heavy atom. The van der Waals surface area contributed by atoms with Crippen molar-refractivity contribution < 1.29 is 134 Å². The molecule has 0 bridgehead atoms. The van der Waals surface area contributed by atoms with Crippen LogP contribution in [0.15, 0.2) is 0 Å². The van der Waals surface area contributed by atoms with Crippen molar-refractivity contribution in [3.63, 3.8) is 0 Å². The zero-order chi connectivity index (χ0) is 49.3. The highest BCUT2D eigenvalue weighted by Gasteiger charge is 2.57. The van der Waals surface area contributed by atoms with Crippen LogP contribution in [0.4, 0.5) is 0 Å². The molecule has 6 aliphatic heterocycles. The SMILES string of the molecule is C[C@@H]1OC(CO)[C@@H](O[C@@H]2OC(CO)[C@@H](O[C@@H]3OC(CO)[C@@H](O)C(O[C@H]4O[C@H](CO)[C@@H](O)C(O)C4O[C@@H]4OC(CO)[C@@H](O[C@@H]5OC(CO)[C@H](O)C(O)[C@@H]5O)C(O)[C@@H]4C)[C@H]3O)C(O)[C@@H]2C)C(O)[C@@H]1C. The molecule has 30 atom stereocenters. The van der Waals surface area contributed by atoms with Gasteiger partial charge >= 0.3 is 0 Å². The van der Waals surface area contributed by atoms with Crippen molar-refractivity contribution in [2.45, 2.75) is 193 Å². The molecular weight excluding hydrogens is 912 g/mol. The minimum absolute atomic E-state index is 0.417. The predicted molar refractivity (Wildman–Crippen MR) is 212 cm³/mol. The van der Waals surface area contributed by atoms with E-state index in [-0.39, 0.29) is 0 Å². The summed E-state index contributed by atoms with van der Waals surface area (Å²) in [4.78, 5) is 0. The lowest BCUT2D eigenvalue weighted by Crippen LogP contribution is -2.67. The van der Waals surface area contributed by atoms with Gasteiger partial charge in [-0.05, 0) is 6.92 Å². The van der Waals surface area contributed by atoms with E-state index in [1.807, 2.05) is 0 Å². The number of aliphatic hydroxyl groups is 16. The van der Waals surface area contributed by atoms with Crippen LogP contribution in [0.1, 0.15) is 27.7 Å². The van der Waals surface area contributed by atoms with Crippen LogP contribution in [-0.2, 0) is 52.1 Å². The van der Waals surface area contributed by atoms with Crippen molar-refractivity contribution in [3.05, 3.63) is 0 Å². The molecule has 6 fully saturated rings. The summed E-state index contributed by atoms with van der Waals surface area (Å²) in [7, 11) is 0. The van der Waals surface area contributed by atoms with Gasteiger partial charge in [-0.1, -0.05) is 20.8 Å². The van der Waals surface area contributed by atoms with E-state index in [9.17, 15) is 81.7 Å². The third kappa shape index (κ3) is 11.3. The lowest BCUT2D eigenvalue weighted by Gasteiger charge is -2.50. The first-order valence-corrected chi connectivity index (χ1v) is 22.4. The first-order chi connectivity index (χ1) is 31.8. The maximum Gasteiger partial charge on any atom is 0.187 e. The summed E-state index contributed by atoms with van der Waals surface area (Å²) >= 11 is 0.